The molecule has 27 heavy (non-hydrogen) atoms. The van der Waals surface area contributed by atoms with Crippen molar-refractivity contribution >= 4 is 23.2 Å². The maximum absolute atomic E-state index is 13.2. The fourth-order valence-electron chi connectivity index (χ4n) is 3.26. The van der Waals surface area contributed by atoms with Gasteiger partial charge in [0.25, 0.3) is 0 Å². The summed E-state index contributed by atoms with van der Waals surface area (Å²) < 4.78 is 39.5. The van der Waals surface area contributed by atoms with E-state index in [1.54, 1.807) is 12.1 Å². The molecular formula is C20H19F3N2O2. The largest absolute Gasteiger partial charge is 0.418 e. The summed E-state index contributed by atoms with van der Waals surface area (Å²) in [6.07, 6.45) is -2.93. The van der Waals surface area contributed by atoms with Crippen molar-refractivity contribution in [2.75, 3.05) is 10.2 Å². The average Bonchev–Trinajstić information content (AvgIpc) is 2.78. The number of nitrogens with one attached hydrogen (secondary N) is 1. The minimum absolute atomic E-state index is 0.216. The SMILES string of the molecule is CC(C(=O)Nc1ccccc1C(F)(F)F)N1C(=O)CCCc2ccccc21. The Balaban J connectivity index is 1.89. The Labute approximate surface area is 155 Å². The summed E-state index contributed by atoms with van der Waals surface area (Å²) in [6.45, 7) is 1.52. The number of carbonyl (C=O) groups excluding carboxylic acids is 2. The lowest BCUT2D eigenvalue weighted by Gasteiger charge is -2.29. The van der Waals surface area contributed by atoms with Crippen molar-refractivity contribution in [1.29, 1.82) is 0 Å². The molecule has 1 aliphatic rings. The second kappa shape index (κ2) is 7.42. The molecule has 2 aromatic carbocycles. The molecule has 0 saturated heterocycles. The van der Waals surface area contributed by atoms with Crippen molar-refractivity contribution in [3.8, 4) is 0 Å². The first-order valence-corrected chi connectivity index (χ1v) is 8.66. The number of hydrogen-bond acceptors (Lipinski definition) is 2. The molecule has 0 saturated carbocycles. The highest BCUT2D eigenvalue weighted by molar-refractivity contribution is 6.05. The van der Waals surface area contributed by atoms with Crippen molar-refractivity contribution < 1.29 is 22.8 Å². The third kappa shape index (κ3) is 3.97. The maximum Gasteiger partial charge on any atom is 0.418 e. The molecule has 0 spiro atoms. The Bertz CT molecular complexity index is 864. The van der Waals surface area contributed by atoms with Gasteiger partial charge in [0.15, 0.2) is 0 Å². The molecule has 1 heterocycles. The molecule has 0 aromatic heterocycles. The number of hydrogen-bond donors (Lipinski definition) is 1. The summed E-state index contributed by atoms with van der Waals surface area (Å²) in [5.74, 6) is -0.886. The third-order valence-electron chi connectivity index (χ3n) is 4.61. The van der Waals surface area contributed by atoms with Gasteiger partial charge in [0.1, 0.15) is 6.04 Å². The van der Waals surface area contributed by atoms with E-state index in [1.807, 2.05) is 12.1 Å². The number of alkyl halides is 3. The van der Waals surface area contributed by atoms with Crippen LogP contribution in [-0.2, 0) is 22.2 Å². The summed E-state index contributed by atoms with van der Waals surface area (Å²) in [5.41, 5.74) is 0.330. The van der Waals surface area contributed by atoms with Gasteiger partial charge in [0.2, 0.25) is 11.8 Å². The van der Waals surface area contributed by atoms with E-state index in [2.05, 4.69) is 5.32 Å². The minimum Gasteiger partial charge on any atom is -0.324 e. The number of halogens is 3. The van der Waals surface area contributed by atoms with E-state index in [4.69, 9.17) is 0 Å². The molecule has 1 N–H and O–H groups in total. The summed E-state index contributed by atoms with van der Waals surface area (Å²) >= 11 is 0. The van der Waals surface area contributed by atoms with Crippen LogP contribution in [0.5, 0.6) is 0 Å². The van der Waals surface area contributed by atoms with Crippen LogP contribution in [0.15, 0.2) is 48.5 Å². The molecule has 0 aliphatic carbocycles. The van der Waals surface area contributed by atoms with Crippen LogP contribution < -0.4 is 10.2 Å². The standard InChI is InChI=1S/C20H19F3N2O2/c1-13(19(27)24-16-10-4-3-9-15(16)20(21,22)23)25-17-11-5-2-7-14(17)8-6-12-18(25)26/h2-5,7,9-11,13H,6,8,12H2,1H3,(H,24,27). The predicted molar refractivity (Wildman–Crippen MR) is 96.4 cm³/mol. The molecular weight excluding hydrogens is 357 g/mol. The van der Waals surface area contributed by atoms with Crippen LogP contribution in [0.2, 0.25) is 0 Å². The van der Waals surface area contributed by atoms with Crippen molar-refractivity contribution in [3.63, 3.8) is 0 Å². The molecule has 7 heteroatoms. The molecule has 0 bridgehead atoms. The van der Waals surface area contributed by atoms with E-state index in [1.165, 1.54) is 30.0 Å². The fraction of sp³-hybridized carbons (Fsp3) is 0.300. The Hall–Kier alpha value is -2.83. The maximum atomic E-state index is 13.2. The van der Waals surface area contributed by atoms with E-state index >= 15 is 0 Å². The second-order valence-corrected chi connectivity index (χ2v) is 6.45. The lowest BCUT2D eigenvalue weighted by atomic mass is 10.1. The van der Waals surface area contributed by atoms with Crippen LogP contribution in [-0.4, -0.2) is 17.9 Å². The predicted octanol–water partition coefficient (Wildman–Crippen LogP) is 4.40. The van der Waals surface area contributed by atoms with Gasteiger partial charge < -0.3 is 5.32 Å². The van der Waals surface area contributed by atoms with Crippen LogP contribution in [0.25, 0.3) is 0 Å². The Kier molecular flexibility index (Phi) is 5.21. The summed E-state index contributed by atoms with van der Waals surface area (Å²) in [4.78, 5) is 26.6. The molecule has 0 radical (unpaired) electrons. The number of nitrogens with zero attached hydrogens (tertiary/aromatic N) is 1. The number of aryl methyl sites for hydroxylation is 1. The first-order valence-electron chi connectivity index (χ1n) is 8.66. The minimum atomic E-state index is -4.59. The van der Waals surface area contributed by atoms with Crippen LogP contribution in [0, 0.1) is 0 Å². The number of amides is 2. The highest BCUT2D eigenvalue weighted by Gasteiger charge is 2.35. The smallest absolute Gasteiger partial charge is 0.324 e. The van der Waals surface area contributed by atoms with Crippen LogP contribution in [0.4, 0.5) is 24.5 Å². The van der Waals surface area contributed by atoms with Gasteiger partial charge in [-0.2, -0.15) is 13.2 Å². The van der Waals surface area contributed by atoms with Gasteiger partial charge >= 0.3 is 6.18 Å². The van der Waals surface area contributed by atoms with Gasteiger partial charge in [-0.3, -0.25) is 14.5 Å². The quantitative estimate of drug-likeness (QED) is 0.863. The van der Waals surface area contributed by atoms with Crippen molar-refractivity contribution in [1.82, 2.24) is 0 Å². The molecule has 2 aromatic rings. The van der Waals surface area contributed by atoms with E-state index in [0.29, 0.717) is 18.5 Å². The topological polar surface area (TPSA) is 49.4 Å². The van der Waals surface area contributed by atoms with Crippen LogP contribution >= 0.6 is 0 Å². The lowest BCUT2D eigenvalue weighted by molar-refractivity contribution is -0.137. The summed E-state index contributed by atoms with van der Waals surface area (Å²) in [5, 5.41) is 2.33. The van der Waals surface area contributed by atoms with Crippen molar-refractivity contribution in [2.24, 2.45) is 0 Å². The van der Waals surface area contributed by atoms with E-state index in [-0.39, 0.29) is 18.0 Å². The van der Waals surface area contributed by atoms with Crippen LogP contribution in [0.1, 0.15) is 30.9 Å². The van der Waals surface area contributed by atoms with Crippen molar-refractivity contribution in [2.45, 2.75) is 38.4 Å². The Morgan fingerprint density at radius 1 is 1.07 bits per heavy atom. The number of anilines is 2. The Morgan fingerprint density at radius 3 is 2.48 bits per heavy atom. The highest BCUT2D eigenvalue weighted by atomic mass is 19.4. The monoisotopic (exact) mass is 376 g/mol. The van der Waals surface area contributed by atoms with Gasteiger partial charge in [0.05, 0.1) is 11.3 Å². The first kappa shape index (κ1) is 18.9. The van der Waals surface area contributed by atoms with Gasteiger partial charge in [0, 0.05) is 12.1 Å². The molecule has 142 valence electrons. The summed E-state index contributed by atoms with van der Waals surface area (Å²) in [6, 6.07) is 11.1. The van der Waals surface area contributed by atoms with Gasteiger partial charge in [-0.15, -0.1) is 0 Å². The summed E-state index contributed by atoms with van der Waals surface area (Å²) in [7, 11) is 0. The molecule has 2 amide bonds. The first-order chi connectivity index (χ1) is 12.8. The molecule has 4 nitrogen and oxygen atoms in total. The Morgan fingerprint density at radius 2 is 1.74 bits per heavy atom. The third-order valence-corrected chi connectivity index (χ3v) is 4.61. The van der Waals surface area contributed by atoms with Crippen LogP contribution in [0.3, 0.4) is 0 Å². The zero-order valence-electron chi connectivity index (χ0n) is 14.7. The number of para-hydroxylation sites is 2. The molecule has 1 unspecified atom stereocenters. The highest BCUT2D eigenvalue weighted by Crippen LogP contribution is 2.35. The lowest BCUT2D eigenvalue weighted by Crippen LogP contribution is -2.45. The average molecular weight is 376 g/mol. The molecule has 0 fully saturated rings. The zero-order valence-corrected chi connectivity index (χ0v) is 14.7. The van der Waals surface area contributed by atoms with Gasteiger partial charge in [-0.1, -0.05) is 30.3 Å². The zero-order chi connectivity index (χ0) is 19.6. The van der Waals surface area contributed by atoms with E-state index in [0.717, 1.165) is 11.6 Å². The van der Waals surface area contributed by atoms with E-state index < -0.39 is 23.7 Å². The second-order valence-electron chi connectivity index (χ2n) is 6.45. The number of benzene rings is 2. The number of fused-ring (bicyclic) bond motifs is 1. The van der Waals surface area contributed by atoms with Crippen molar-refractivity contribution in [3.05, 3.63) is 59.7 Å². The molecule has 1 aliphatic heterocycles. The normalized spacial score (nSPS) is 15.7. The molecule has 3 rings (SSSR count). The number of rotatable bonds is 3. The van der Waals surface area contributed by atoms with Gasteiger partial charge in [-0.25, -0.2) is 0 Å². The van der Waals surface area contributed by atoms with E-state index in [9.17, 15) is 22.8 Å². The molecule has 1 atom stereocenters. The number of carbonyl (C=O) groups is 2. The fourth-order valence-corrected chi connectivity index (χ4v) is 3.26. The van der Waals surface area contributed by atoms with Gasteiger partial charge in [-0.05, 0) is 43.5 Å².